The summed E-state index contributed by atoms with van der Waals surface area (Å²) in [6.45, 7) is 0. The fraction of sp³-hybridized carbons (Fsp3) is 0. The summed E-state index contributed by atoms with van der Waals surface area (Å²) in [7, 11) is 0. The first-order chi connectivity index (χ1) is 1.73. The molecule has 2 N–H and O–H groups in total. The van der Waals surface area contributed by atoms with Gasteiger partial charge in [0.2, 0.25) is 0 Å². The van der Waals surface area contributed by atoms with Gasteiger partial charge in [0.25, 0.3) is 0 Å². The molecule has 5 heteroatoms. The van der Waals surface area contributed by atoms with Crippen LogP contribution in [0.25, 0.3) is 0 Å². The molecular formula is H3AsKO3. The molecule has 0 amide bonds. The molecule has 0 aliphatic heterocycles. The molecule has 0 aliphatic rings. The van der Waals surface area contributed by atoms with Crippen LogP contribution >= 0.6 is 0 Å². The molecule has 0 aromatic rings. The largest absolute Gasteiger partial charge is 0 e. The molecule has 0 saturated heterocycles. The third-order valence-corrected chi connectivity index (χ3v) is 0. The van der Waals surface area contributed by atoms with Gasteiger partial charge in [-0.15, -0.1) is 0 Å². The van der Waals surface area contributed by atoms with Crippen molar-refractivity contribution in [3.63, 3.8) is 0 Å². The minimum atomic E-state index is -3.58. The van der Waals surface area contributed by atoms with E-state index in [-0.39, 0.29) is 51.4 Å². The van der Waals surface area contributed by atoms with E-state index in [0.29, 0.717) is 0 Å². The maximum atomic E-state index is 8.81. The van der Waals surface area contributed by atoms with Gasteiger partial charge >= 0.3 is 27.2 Å². The van der Waals surface area contributed by atoms with Crippen molar-refractivity contribution < 1.29 is 11.9 Å². The van der Waals surface area contributed by atoms with Crippen LogP contribution in [0.2, 0.25) is 0 Å². The van der Waals surface area contributed by atoms with Gasteiger partial charge in [-0.05, 0) is 0 Å². The Labute approximate surface area is 77.0 Å². The van der Waals surface area contributed by atoms with Gasteiger partial charge in [-0.3, -0.25) is 0 Å². The standard InChI is InChI=1S/AsH3O3.K/c2-1(3)4;/h1H,(H2,2,3,4);. The molecule has 0 heterocycles. The Hall–Kier alpha value is 1.91. The van der Waals surface area contributed by atoms with Gasteiger partial charge in [-0.2, -0.15) is 0 Å². The van der Waals surface area contributed by atoms with E-state index >= 15 is 0 Å². The summed E-state index contributed by atoms with van der Waals surface area (Å²) in [5.41, 5.74) is 0. The van der Waals surface area contributed by atoms with Crippen molar-refractivity contribution in [3.8, 4) is 0 Å². The maximum Gasteiger partial charge on any atom is 0 e. The van der Waals surface area contributed by atoms with Gasteiger partial charge in [0.15, 0.2) is 0 Å². The molecule has 0 aromatic carbocycles. The summed E-state index contributed by atoms with van der Waals surface area (Å²) >= 11 is -3.58. The quantitative estimate of drug-likeness (QED) is 0.398. The minimum Gasteiger partial charge on any atom is 0 e. The van der Waals surface area contributed by atoms with Crippen molar-refractivity contribution in [2.45, 2.75) is 0 Å². The summed E-state index contributed by atoms with van der Waals surface area (Å²) in [5.74, 6) is 0. The molecule has 0 aliphatic carbocycles. The van der Waals surface area contributed by atoms with Crippen molar-refractivity contribution in [2.75, 3.05) is 0 Å². The van der Waals surface area contributed by atoms with Crippen LogP contribution in [0.5, 0.6) is 0 Å². The van der Waals surface area contributed by atoms with Crippen molar-refractivity contribution in [2.24, 2.45) is 0 Å². The Morgan fingerprint density at radius 2 is 1.40 bits per heavy atom. The Balaban J connectivity index is 0. The molecule has 0 bridgehead atoms. The normalized spacial score (nSPS) is 7.00. The zero-order valence-corrected chi connectivity index (χ0v) is 8.02. The first-order valence-electron chi connectivity index (χ1n) is 0.651. The monoisotopic (exact) mass is 165 g/mol. The van der Waals surface area contributed by atoms with E-state index in [1.165, 1.54) is 0 Å². The molecule has 3 nitrogen and oxygen atoms in total. The Kier molecular flexibility index (Phi) is 11.8. The van der Waals surface area contributed by atoms with Crippen LogP contribution in [-0.2, 0) is 3.74 Å². The number of hydrogen-bond donors (Lipinski definition) is 2. The summed E-state index contributed by atoms with van der Waals surface area (Å²) < 4.78 is 23.2. The van der Waals surface area contributed by atoms with Crippen molar-refractivity contribution in [1.29, 1.82) is 0 Å². The molecule has 0 atom stereocenters. The molecular weight excluding hydrogens is 162 g/mol. The SMILES string of the molecule is O=[AsH](O)O.[K]. The van der Waals surface area contributed by atoms with E-state index in [0.717, 1.165) is 0 Å². The first-order valence-corrected chi connectivity index (χ1v) is 3.38. The minimum absolute atomic E-state index is 0. The van der Waals surface area contributed by atoms with Crippen molar-refractivity contribution in [3.05, 3.63) is 0 Å². The Morgan fingerprint density at radius 3 is 1.40 bits per heavy atom. The van der Waals surface area contributed by atoms with Crippen LogP contribution in [0.4, 0.5) is 0 Å². The smallest absolute Gasteiger partial charge is 0 e. The predicted octanol–water partition coefficient (Wildman–Crippen LogP) is -2.26. The second-order valence-corrected chi connectivity index (χ2v) is 1.47. The molecule has 5 heavy (non-hydrogen) atoms. The topological polar surface area (TPSA) is 57.5 Å². The summed E-state index contributed by atoms with van der Waals surface area (Å²) in [5, 5.41) is 0. The maximum absolute atomic E-state index is 8.81. The predicted molar refractivity (Wildman–Crippen MR) is 18.0 cm³/mol. The number of rotatable bonds is 0. The fourth-order valence-electron chi connectivity index (χ4n) is 0. The summed E-state index contributed by atoms with van der Waals surface area (Å²) in [4.78, 5) is 0. The molecule has 1 radical (unpaired) electrons. The van der Waals surface area contributed by atoms with E-state index in [1.54, 1.807) is 0 Å². The van der Waals surface area contributed by atoms with E-state index in [2.05, 4.69) is 0 Å². The average Bonchev–Trinajstić information content (AvgIpc) is 0.811. The van der Waals surface area contributed by atoms with Gasteiger partial charge in [0.05, 0.1) is 0 Å². The fourth-order valence-corrected chi connectivity index (χ4v) is 0. The second kappa shape index (κ2) is 5.91. The summed E-state index contributed by atoms with van der Waals surface area (Å²) in [6.07, 6.45) is 0. The third kappa shape index (κ3) is 24.7. The van der Waals surface area contributed by atoms with E-state index in [9.17, 15) is 0 Å². The van der Waals surface area contributed by atoms with Gasteiger partial charge in [-0.25, -0.2) is 0 Å². The zero-order valence-electron chi connectivity index (χ0n) is 2.80. The first kappa shape index (κ1) is 10.0. The average molecular weight is 165 g/mol. The van der Waals surface area contributed by atoms with Crippen molar-refractivity contribution in [1.82, 2.24) is 0 Å². The van der Waals surface area contributed by atoms with Crippen LogP contribution in [-0.4, -0.2) is 74.8 Å². The molecule has 0 unspecified atom stereocenters. The molecule has 0 saturated carbocycles. The van der Waals surface area contributed by atoms with Crippen LogP contribution < -0.4 is 0 Å². The zero-order chi connectivity index (χ0) is 3.58. The van der Waals surface area contributed by atoms with Crippen LogP contribution in [0.3, 0.4) is 0 Å². The van der Waals surface area contributed by atoms with Crippen LogP contribution in [0, 0.1) is 0 Å². The molecule has 0 fully saturated rings. The third-order valence-electron chi connectivity index (χ3n) is 0. The summed E-state index contributed by atoms with van der Waals surface area (Å²) in [6, 6.07) is 0. The van der Waals surface area contributed by atoms with E-state index in [4.69, 9.17) is 11.9 Å². The Bertz CT molecular complexity index is 29.9. The Morgan fingerprint density at radius 1 is 1.40 bits per heavy atom. The molecule has 0 rings (SSSR count). The van der Waals surface area contributed by atoms with Crippen molar-refractivity contribution >= 4 is 66.7 Å². The van der Waals surface area contributed by atoms with Gasteiger partial charge in [-0.1, -0.05) is 0 Å². The molecule has 0 aromatic heterocycles. The second-order valence-electron chi connectivity index (χ2n) is 0.283. The van der Waals surface area contributed by atoms with Gasteiger partial charge in [0, 0.05) is 51.4 Å². The van der Waals surface area contributed by atoms with E-state index < -0.39 is 15.3 Å². The van der Waals surface area contributed by atoms with Gasteiger partial charge in [0.1, 0.15) is 0 Å². The van der Waals surface area contributed by atoms with E-state index in [1.807, 2.05) is 0 Å². The van der Waals surface area contributed by atoms with Crippen LogP contribution in [0.15, 0.2) is 0 Å². The van der Waals surface area contributed by atoms with Crippen LogP contribution in [0.1, 0.15) is 0 Å². The van der Waals surface area contributed by atoms with Gasteiger partial charge < -0.3 is 0 Å². The number of hydrogen-bond acceptors (Lipinski definition) is 1. The molecule has 0 spiro atoms. The molecule has 27 valence electrons.